The van der Waals surface area contributed by atoms with Crippen LogP contribution in [0.2, 0.25) is 0 Å². The quantitative estimate of drug-likeness (QED) is 0.599. The maximum Gasteiger partial charge on any atom is 0.0549 e. The minimum Gasteiger partial charge on any atom is -0.396 e. The fourth-order valence-corrected chi connectivity index (χ4v) is 1.30. The van der Waals surface area contributed by atoms with E-state index in [1.807, 2.05) is 6.92 Å². The fraction of sp³-hybridized carbons (Fsp3) is 1.00. The molecule has 0 radical (unpaired) electrons. The molecule has 0 aromatic carbocycles. The first-order valence-electron chi connectivity index (χ1n) is 3.18. The lowest BCUT2D eigenvalue weighted by Crippen LogP contribution is -2.08. The van der Waals surface area contributed by atoms with Crippen molar-refractivity contribution in [1.29, 1.82) is 0 Å². The van der Waals surface area contributed by atoms with Crippen LogP contribution < -0.4 is 0 Å². The van der Waals surface area contributed by atoms with Gasteiger partial charge in [-0.2, -0.15) is 11.8 Å². The van der Waals surface area contributed by atoms with Crippen LogP contribution in [0.4, 0.5) is 0 Å². The van der Waals surface area contributed by atoms with Gasteiger partial charge in [0.25, 0.3) is 0 Å². The van der Waals surface area contributed by atoms with Gasteiger partial charge in [-0.15, -0.1) is 0 Å². The van der Waals surface area contributed by atoms with Crippen LogP contribution in [-0.2, 0) is 0 Å². The highest BCUT2D eigenvalue weighted by atomic mass is 32.2. The van der Waals surface area contributed by atoms with E-state index >= 15 is 0 Å². The van der Waals surface area contributed by atoms with Gasteiger partial charge in [0.15, 0.2) is 0 Å². The average Bonchev–Trinajstić information content (AvgIpc) is 1.91. The lowest BCUT2D eigenvalue weighted by molar-refractivity contribution is 0.291. The normalized spacial score (nSPS) is 13.7. The van der Waals surface area contributed by atoms with Crippen LogP contribution in [0.1, 0.15) is 13.3 Å². The van der Waals surface area contributed by atoms with Crippen molar-refractivity contribution >= 4 is 11.8 Å². The molecule has 0 saturated carbocycles. The molecule has 0 fully saturated rings. The Bertz CT molecular complexity index is 55.0. The molecule has 9 heavy (non-hydrogen) atoms. The third-order valence-corrected chi connectivity index (χ3v) is 2.48. The number of aliphatic hydroxyl groups is 2. The molecule has 0 aliphatic heterocycles. The maximum atomic E-state index is 8.65. The minimum absolute atomic E-state index is 0.209. The van der Waals surface area contributed by atoms with E-state index < -0.39 is 0 Å². The summed E-state index contributed by atoms with van der Waals surface area (Å²) in [7, 11) is 0. The highest BCUT2D eigenvalue weighted by Gasteiger charge is 2.02. The van der Waals surface area contributed by atoms with Gasteiger partial charge >= 0.3 is 0 Å². The molecule has 0 aromatic rings. The second-order valence-electron chi connectivity index (χ2n) is 1.81. The zero-order chi connectivity index (χ0) is 7.11. The van der Waals surface area contributed by atoms with E-state index in [4.69, 9.17) is 10.2 Å². The molecule has 2 nitrogen and oxygen atoms in total. The monoisotopic (exact) mass is 150 g/mol. The van der Waals surface area contributed by atoms with Crippen LogP contribution in [0.5, 0.6) is 0 Å². The molecule has 0 saturated heterocycles. The Kier molecular flexibility index (Phi) is 6.58. The molecule has 0 aliphatic carbocycles. The van der Waals surface area contributed by atoms with Gasteiger partial charge in [-0.1, -0.05) is 6.92 Å². The van der Waals surface area contributed by atoms with Gasteiger partial charge in [0, 0.05) is 11.0 Å². The van der Waals surface area contributed by atoms with Gasteiger partial charge in [0.2, 0.25) is 0 Å². The van der Waals surface area contributed by atoms with E-state index in [0.717, 1.165) is 12.2 Å². The summed E-state index contributed by atoms with van der Waals surface area (Å²) in [4.78, 5) is 0. The Morgan fingerprint density at radius 3 is 2.44 bits per heavy atom. The van der Waals surface area contributed by atoms with E-state index in [1.165, 1.54) is 0 Å². The predicted octanol–water partition coefficient (Wildman–Crippen LogP) is 0.483. The summed E-state index contributed by atoms with van der Waals surface area (Å²) in [6.07, 6.45) is 0.973. The third kappa shape index (κ3) is 4.75. The Morgan fingerprint density at radius 2 is 2.11 bits per heavy atom. The van der Waals surface area contributed by atoms with Gasteiger partial charge in [0.1, 0.15) is 0 Å². The fourth-order valence-electron chi connectivity index (χ4n) is 0.519. The van der Waals surface area contributed by atoms with Crippen LogP contribution in [0.25, 0.3) is 0 Å². The van der Waals surface area contributed by atoms with Crippen LogP contribution in [0.15, 0.2) is 0 Å². The number of aliphatic hydroxyl groups excluding tert-OH is 2. The second kappa shape index (κ2) is 6.39. The van der Waals surface area contributed by atoms with Crippen molar-refractivity contribution in [2.75, 3.05) is 19.0 Å². The first kappa shape index (κ1) is 9.27. The maximum absolute atomic E-state index is 8.65. The van der Waals surface area contributed by atoms with E-state index in [2.05, 4.69) is 0 Å². The number of hydrogen-bond acceptors (Lipinski definition) is 3. The molecule has 2 N–H and O–H groups in total. The summed E-state index contributed by atoms with van der Waals surface area (Å²) < 4.78 is 0. The zero-order valence-electron chi connectivity index (χ0n) is 5.71. The largest absolute Gasteiger partial charge is 0.396 e. The zero-order valence-corrected chi connectivity index (χ0v) is 6.52. The molecular weight excluding hydrogens is 136 g/mol. The van der Waals surface area contributed by atoms with Gasteiger partial charge in [-0.25, -0.2) is 0 Å². The van der Waals surface area contributed by atoms with Gasteiger partial charge < -0.3 is 10.2 Å². The van der Waals surface area contributed by atoms with Crippen molar-refractivity contribution in [3.63, 3.8) is 0 Å². The predicted molar refractivity (Wildman–Crippen MR) is 40.7 cm³/mol. The SMILES string of the molecule is CCC(CO)SCCO. The Hall–Kier alpha value is 0.270. The molecule has 1 atom stereocenters. The number of rotatable bonds is 5. The first-order chi connectivity index (χ1) is 4.35. The molecule has 1 unspecified atom stereocenters. The van der Waals surface area contributed by atoms with Crippen molar-refractivity contribution in [3.05, 3.63) is 0 Å². The van der Waals surface area contributed by atoms with Crippen LogP contribution in [0, 0.1) is 0 Å². The van der Waals surface area contributed by atoms with Crippen LogP contribution in [-0.4, -0.2) is 34.4 Å². The summed E-state index contributed by atoms with van der Waals surface area (Å²) in [6, 6.07) is 0. The minimum atomic E-state index is 0.209. The number of thioether (sulfide) groups is 1. The molecule has 0 aliphatic rings. The molecule has 0 spiro atoms. The molecule has 0 rings (SSSR count). The summed E-state index contributed by atoms with van der Waals surface area (Å²) in [5.41, 5.74) is 0. The third-order valence-electron chi connectivity index (χ3n) is 1.10. The van der Waals surface area contributed by atoms with Crippen molar-refractivity contribution in [2.45, 2.75) is 18.6 Å². The molecule has 3 heteroatoms. The first-order valence-corrected chi connectivity index (χ1v) is 4.23. The summed E-state index contributed by atoms with van der Waals surface area (Å²) in [6.45, 7) is 2.47. The van der Waals surface area contributed by atoms with Crippen molar-refractivity contribution < 1.29 is 10.2 Å². The smallest absolute Gasteiger partial charge is 0.0549 e. The summed E-state index contributed by atoms with van der Waals surface area (Å²) >= 11 is 1.62. The Balaban J connectivity index is 3.09. The second-order valence-corrected chi connectivity index (χ2v) is 3.22. The van der Waals surface area contributed by atoms with Crippen LogP contribution in [0.3, 0.4) is 0 Å². The summed E-state index contributed by atoms with van der Waals surface area (Å²) in [5, 5.41) is 17.4. The highest BCUT2D eigenvalue weighted by molar-refractivity contribution is 7.99. The van der Waals surface area contributed by atoms with E-state index in [1.54, 1.807) is 11.8 Å². The van der Waals surface area contributed by atoms with E-state index in [9.17, 15) is 0 Å². The van der Waals surface area contributed by atoms with Gasteiger partial charge in [-0.3, -0.25) is 0 Å². The Morgan fingerprint density at radius 1 is 1.44 bits per heavy atom. The van der Waals surface area contributed by atoms with Crippen molar-refractivity contribution in [3.8, 4) is 0 Å². The molecular formula is C6H14O2S. The van der Waals surface area contributed by atoms with Gasteiger partial charge in [0.05, 0.1) is 13.2 Å². The molecule has 0 amide bonds. The topological polar surface area (TPSA) is 40.5 Å². The van der Waals surface area contributed by atoms with Crippen molar-refractivity contribution in [2.24, 2.45) is 0 Å². The molecule has 56 valence electrons. The van der Waals surface area contributed by atoms with E-state index in [0.29, 0.717) is 5.25 Å². The molecule has 0 aromatic heterocycles. The summed E-state index contributed by atoms with van der Waals surface area (Å²) in [5.74, 6) is 0.735. The standard InChI is InChI=1S/C6H14O2S/c1-2-6(5-8)9-4-3-7/h6-8H,2-5H2,1H3. The lowest BCUT2D eigenvalue weighted by atomic mass is 10.3. The van der Waals surface area contributed by atoms with E-state index in [-0.39, 0.29) is 13.2 Å². The highest BCUT2D eigenvalue weighted by Crippen LogP contribution is 2.12. The molecule has 0 bridgehead atoms. The average molecular weight is 150 g/mol. The van der Waals surface area contributed by atoms with Crippen molar-refractivity contribution in [1.82, 2.24) is 0 Å². The molecule has 0 heterocycles. The Labute approximate surface area is 60.3 Å². The van der Waals surface area contributed by atoms with Gasteiger partial charge in [-0.05, 0) is 6.42 Å². The van der Waals surface area contributed by atoms with Crippen LogP contribution >= 0.6 is 11.8 Å². The lowest BCUT2D eigenvalue weighted by Gasteiger charge is -2.08. The number of hydrogen-bond donors (Lipinski definition) is 2.